The first-order valence-corrected chi connectivity index (χ1v) is 6.83. The number of rotatable bonds is 4. The standard InChI is InChI=1S/C14H21N3O2/c1-4-14(5-2)6-7-17(9-14)12-11(13(18)19)8-15-10(3)16-12/h8H,4-7,9H2,1-3H3,(H,18,19). The number of carboxylic acids is 1. The summed E-state index contributed by atoms with van der Waals surface area (Å²) in [6.07, 6.45) is 4.75. The fourth-order valence-corrected chi connectivity index (χ4v) is 2.79. The van der Waals surface area contributed by atoms with E-state index in [4.69, 9.17) is 0 Å². The Morgan fingerprint density at radius 3 is 2.68 bits per heavy atom. The molecule has 0 saturated carbocycles. The summed E-state index contributed by atoms with van der Waals surface area (Å²) in [5, 5.41) is 9.25. The van der Waals surface area contributed by atoms with E-state index in [1.165, 1.54) is 6.20 Å². The molecule has 0 amide bonds. The lowest BCUT2D eigenvalue weighted by atomic mass is 9.82. The van der Waals surface area contributed by atoms with Crippen LogP contribution in [-0.4, -0.2) is 34.1 Å². The second-order valence-corrected chi connectivity index (χ2v) is 5.34. The van der Waals surface area contributed by atoms with Gasteiger partial charge in [0.1, 0.15) is 17.2 Å². The first-order chi connectivity index (χ1) is 9.01. The molecule has 2 rings (SSSR count). The topological polar surface area (TPSA) is 66.3 Å². The SMILES string of the molecule is CCC1(CC)CCN(c2nc(C)ncc2C(=O)O)C1. The van der Waals surface area contributed by atoms with Crippen molar-refractivity contribution in [1.29, 1.82) is 0 Å². The third-order valence-electron chi connectivity index (χ3n) is 4.36. The van der Waals surface area contributed by atoms with Crippen LogP contribution in [-0.2, 0) is 0 Å². The second-order valence-electron chi connectivity index (χ2n) is 5.34. The first kappa shape index (κ1) is 13.8. The summed E-state index contributed by atoms with van der Waals surface area (Å²) >= 11 is 0. The minimum absolute atomic E-state index is 0.202. The first-order valence-electron chi connectivity index (χ1n) is 6.83. The molecule has 5 nitrogen and oxygen atoms in total. The number of aromatic nitrogens is 2. The summed E-state index contributed by atoms with van der Waals surface area (Å²) in [5.74, 6) is 0.231. The van der Waals surface area contributed by atoms with Gasteiger partial charge in [-0.2, -0.15) is 0 Å². The lowest BCUT2D eigenvalue weighted by Gasteiger charge is -2.27. The molecule has 1 fully saturated rings. The Labute approximate surface area is 113 Å². The Morgan fingerprint density at radius 2 is 2.16 bits per heavy atom. The van der Waals surface area contributed by atoms with E-state index in [9.17, 15) is 9.90 Å². The number of aromatic carboxylic acids is 1. The highest BCUT2D eigenvalue weighted by Crippen LogP contribution is 2.39. The Bertz CT molecular complexity index is 484. The number of hydrogen-bond donors (Lipinski definition) is 1. The summed E-state index contributed by atoms with van der Waals surface area (Å²) in [4.78, 5) is 21.7. The number of carboxylic acid groups (broad SMARTS) is 1. The van der Waals surface area contributed by atoms with Crippen molar-refractivity contribution < 1.29 is 9.90 Å². The molecule has 0 radical (unpaired) electrons. The molecule has 19 heavy (non-hydrogen) atoms. The van der Waals surface area contributed by atoms with Gasteiger partial charge in [0, 0.05) is 19.3 Å². The summed E-state index contributed by atoms with van der Waals surface area (Å²) in [7, 11) is 0. The maximum Gasteiger partial charge on any atom is 0.341 e. The number of nitrogens with zero attached hydrogens (tertiary/aromatic N) is 3. The zero-order chi connectivity index (χ0) is 14.0. The Balaban J connectivity index is 2.33. The largest absolute Gasteiger partial charge is 0.477 e. The Morgan fingerprint density at radius 1 is 1.47 bits per heavy atom. The highest BCUT2D eigenvalue weighted by molar-refractivity contribution is 5.93. The molecule has 1 aliphatic heterocycles. The third-order valence-corrected chi connectivity index (χ3v) is 4.36. The van der Waals surface area contributed by atoms with Crippen molar-refractivity contribution in [1.82, 2.24) is 9.97 Å². The zero-order valence-corrected chi connectivity index (χ0v) is 11.8. The van der Waals surface area contributed by atoms with Crippen molar-refractivity contribution in [3.8, 4) is 0 Å². The lowest BCUT2D eigenvalue weighted by molar-refractivity contribution is 0.0696. The second kappa shape index (κ2) is 5.15. The van der Waals surface area contributed by atoms with Crippen LogP contribution in [0.5, 0.6) is 0 Å². The number of carbonyl (C=O) groups is 1. The normalized spacial score (nSPS) is 17.7. The van der Waals surface area contributed by atoms with E-state index < -0.39 is 5.97 Å². The highest BCUT2D eigenvalue weighted by atomic mass is 16.4. The van der Waals surface area contributed by atoms with Crippen molar-refractivity contribution in [3.63, 3.8) is 0 Å². The molecule has 1 aromatic rings. The van der Waals surface area contributed by atoms with Gasteiger partial charge >= 0.3 is 5.97 Å². The van der Waals surface area contributed by atoms with Gasteiger partial charge in [-0.25, -0.2) is 14.8 Å². The maximum absolute atomic E-state index is 11.3. The monoisotopic (exact) mass is 263 g/mol. The fourth-order valence-electron chi connectivity index (χ4n) is 2.79. The van der Waals surface area contributed by atoms with E-state index in [1.54, 1.807) is 6.92 Å². The van der Waals surface area contributed by atoms with Crippen molar-refractivity contribution in [2.24, 2.45) is 5.41 Å². The molecule has 0 bridgehead atoms. The lowest BCUT2D eigenvalue weighted by Crippen LogP contribution is -2.28. The molecule has 1 aromatic heterocycles. The molecule has 5 heteroatoms. The van der Waals surface area contributed by atoms with Gasteiger partial charge in [0.25, 0.3) is 0 Å². The molecule has 0 aromatic carbocycles. The molecule has 0 unspecified atom stereocenters. The molecule has 1 saturated heterocycles. The maximum atomic E-state index is 11.3. The summed E-state index contributed by atoms with van der Waals surface area (Å²) < 4.78 is 0. The average molecular weight is 263 g/mol. The number of aryl methyl sites for hydroxylation is 1. The van der Waals surface area contributed by atoms with Crippen LogP contribution in [0, 0.1) is 12.3 Å². The van der Waals surface area contributed by atoms with Gasteiger partial charge in [-0.05, 0) is 31.6 Å². The Kier molecular flexibility index (Phi) is 3.73. The number of hydrogen-bond acceptors (Lipinski definition) is 4. The van der Waals surface area contributed by atoms with Crippen LogP contribution in [0.25, 0.3) is 0 Å². The fraction of sp³-hybridized carbons (Fsp3) is 0.643. The molecule has 0 atom stereocenters. The van der Waals surface area contributed by atoms with E-state index in [0.29, 0.717) is 17.1 Å². The van der Waals surface area contributed by atoms with Gasteiger partial charge in [0.05, 0.1) is 0 Å². The van der Waals surface area contributed by atoms with Crippen molar-refractivity contribution >= 4 is 11.8 Å². The van der Waals surface area contributed by atoms with Crippen LogP contribution in [0.1, 0.15) is 49.3 Å². The van der Waals surface area contributed by atoms with E-state index in [0.717, 1.165) is 32.4 Å². The molecule has 1 N–H and O–H groups in total. The molecule has 0 aliphatic carbocycles. The summed E-state index contributed by atoms with van der Waals surface area (Å²) in [5.41, 5.74) is 0.503. The van der Waals surface area contributed by atoms with Crippen LogP contribution in [0.2, 0.25) is 0 Å². The predicted octanol–water partition coefficient (Wildman–Crippen LogP) is 2.50. The van der Waals surface area contributed by atoms with Gasteiger partial charge in [-0.15, -0.1) is 0 Å². The van der Waals surface area contributed by atoms with Crippen LogP contribution in [0.15, 0.2) is 6.20 Å². The molecule has 104 valence electrons. The van der Waals surface area contributed by atoms with E-state index in [1.807, 2.05) is 0 Å². The van der Waals surface area contributed by atoms with Crippen LogP contribution in [0.3, 0.4) is 0 Å². The van der Waals surface area contributed by atoms with E-state index in [2.05, 4.69) is 28.7 Å². The molecule has 2 heterocycles. The van der Waals surface area contributed by atoms with Crippen LogP contribution >= 0.6 is 0 Å². The van der Waals surface area contributed by atoms with Crippen molar-refractivity contribution in [3.05, 3.63) is 17.6 Å². The zero-order valence-electron chi connectivity index (χ0n) is 11.8. The van der Waals surface area contributed by atoms with E-state index >= 15 is 0 Å². The van der Waals surface area contributed by atoms with Crippen molar-refractivity contribution in [2.45, 2.75) is 40.0 Å². The van der Waals surface area contributed by atoms with Gasteiger partial charge in [0.2, 0.25) is 0 Å². The van der Waals surface area contributed by atoms with Gasteiger partial charge < -0.3 is 10.0 Å². The summed E-state index contributed by atoms with van der Waals surface area (Å²) in [6, 6.07) is 0. The Hall–Kier alpha value is -1.65. The van der Waals surface area contributed by atoms with Gasteiger partial charge in [-0.3, -0.25) is 0 Å². The highest BCUT2D eigenvalue weighted by Gasteiger charge is 2.36. The minimum atomic E-state index is -0.958. The molecule has 1 aliphatic rings. The van der Waals surface area contributed by atoms with Crippen LogP contribution < -0.4 is 4.90 Å². The van der Waals surface area contributed by atoms with E-state index in [-0.39, 0.29) is 5.56 Å². The van der Waals surface area contributed by atoms with Crippen molar-refractivity contribution in [2.75, 3.05) is 18.0 Å². The number of anilines is 1. The average Bonchev–Trinajstić information content (AvgIpc) is 2.83. The third kappa shape index (κ3) is 2.55. The van der Waals surface area contributed by atoms with Gasteiger partial charge in [0.15, 0.2) is 0 Å². The smallest absolute Gasteiger partial charge is 0.341 e. The molecular weight excluding hydrogens is 242 g/mol. The van der Waals surface area contributed by atoms with Gasteiger partial charge in [-0.1, -0.05) is 13.8 Å². The van der Waals surface area contributed by atoms with Crippen LogP contribution in [0.4, 0.5) is 5.82 Å². The molecular formula is C14H21N3O2. The minimum Gasteiger partial charge on any atom is -0.477 e. The predicted molar refractivity (Wildman–Crippen MR) is 73.6 cm³/mol. The quantitative estimate of drug-likeness (QED) is 0.904. The molecule has 0 spiro atoms. The summed E-state index contributed by atoms with van der Waals surface area (Å²) in [6.45, 7) is 7.96.